The molecule has 3 heterocycles. The lowest BCUT2D eigenvalue weighted by atomic mass is 10.4. The molecule has 148 valence electrons. The molecule has 0 radical (unpaired) electrons. The van der Waals surface area contributed by atoms with E-state index in [2.05, 4.69) is 25.6 Å². The van der Waals surface area contributed by atoms with Gasteiger partial charge in [0.15, 0.2) is 5.69 Å². The monoisotopic (exact) mass is 416 g/mol. The van der Waals surface area contributed by atoms with E-state index in [4.69, 9.17) is 17.3 Å². The highest BCUT2D eigenvalue weighted by Gasteiger charge is 2.34. The van der Waals surface area contributed by atoms with Crippen LogP contribution >= 0.6 is 11.6 Å². The molecule has 0 aliphatic rings. The summed E-state index contributed by atoms with van der Waals surface area (Å²) in [5.41, 5.74) is 4.12. The van der Waals surface area contributed by atoms with E-state index in [0.717, 1.165) is 10.6 Å². The molecule has 14 heteroatoms. The van der Waals surface area contributed by atoms with Crippen LogP contribution in [0.15, 0.2) is 24.4 Å². The van der Waals surface area contributed by atoms with Gasteiger partial charge in [-0.15, -0.1) is 0 Å². The number of aromatic nitrogens is 4. The second-order valence-corrected chi connectivity index (χ2v) is 5.85. The number of nitrogens with one attached hydrogen (secondary N) is 2. The van der Waals surface area contributed by atoms with Crippen LogP contribution in [0.4, 0.5) is 36.4 Å². The van der Waals surface area contributed by atoms with Gasteiger partial charge in [-0.2, -0.15) is 13.2 Å². The van der Waals surface area contributed by atoms with Crippen LogP contribution in [0, 0.1) is 10.1 Å². The summed E-state index contributed by atoms with van der Waals surface area (Å²) >= 11 is 5.83. The van der Waals surface area contributed by atoms with Crippen molar-refractivity contribution in [3.05, 3.63) is 45.4 Å². The third kappa shape index (κ3) is 4.14. The summed E-state index contributed by atoms with van der Waals surface area (Å²) in [7, 11) is 0. The van der Waals surface area contributed by atoms with E-state index >= 15 is 0 Å². The minimum atomic E-state index is -4.60. The van der Waals surface area contributed by atoms with Crippen molar-refractivity contribution in [1.29, 1.82) is 0 Å². The minimum Gasteiger partial charge on any atom is -0.378 e. The van der Waals surface area contributed by atoms with Crippen LogP contribution in [-0.2, 0) is 6.18 Å². The molecule has 4 N–H and O–H groups in total. The number of anilines is 3. The second kappa shape index (κ2) is 7.34. The fourth-order valence-corrected chi connectivity index (χ4v) is 2.48. The zero-order valence-corrected chi connectivity index (χ0v) is 14.6. The van der Waals surface area contributed by atoms with Crippen molar-refractivity contribution in [2.24, 2.45) is 0 Å². The summed E-state index contributed by atoms with van der Waals surface area (Å²) in [5, 5.41) is 16.4. The number of nitrogens with zero attached hydrogens (tertiary/aromatic N) is 5. The number of nitrogen functional groups attached to an aromatic ring is 1. The Bertz CT molecular complexity index is 1040. The summed E-state index contributed by atoms with van der Waals surface area (Å²) in [4.78, 5) is 21.4. The van der Waals surface area contributed by atoms with Gasteiger partial charge in [0.2, 0.25) is 11.8 Å². The van der Waals surface area contributed by atoms with Crippen molar-refractivity contribution >= 4 is 40.5 Å². The Morgan fingerprint density at radius 1 is 1.21 bits per heavy atom. The molecular formula is C14H12ClF3N8O2. The van der Waals surface area contributed by atoms with E-state index < -0.39 is 16.8 Å². The van der Waals surface area contributed by atoms with E-state index in [9.17, 15) is 23.3 Å². The van der Waals surface area contributed by atoms with Gasteiger partial charge in [-0.1, -0.05) is 11.6 Å². The quantitative estimate of drug-likeness (QED) is 0.241. The molecule has 0 aromatic carbocycles. The molecule has 0 saturated heterocycles. The predicted molar refractivity (Wildman–Crippen MR) is 95.3 cm³/mol. The van der Waals surface area contributed by atoms with Gasteiger partial charge in [-0.25, -0.2) is 15.0 Å². The van der Waals surface area contributed by atoms with Crippen LogP contribution in [0.5, 0.6) is 0 Å². The van der Waals surface area contributed by atoms with Gasteiger partial charge in [-0.05, 0) is 6.07 Å². The first kappa shape index (κ1) is 19.4. The number of rotatable bonds is 6. The third-order valence-electron chi connectivity index (χ3n) is 3.53. The van der Waals surface area contributed by atoms with Crippen LogP contribution in [0.3, 0.4) is 0 Å². The average molecular weight is 417 g/mol. The highest BCUT2D eigenvalue weighted by molar-refractivity contribution is 6.29. The second-order valence-electron chi connectivity index (χ2n) is 5.47. The molecule has 3 aromatic rings. The average Bonchev–Trinajstić information content (AvgIpc) is 3.02. The summed E-state index contributed by atoms with van der Waals surface area (Å²) < 4.78 is 39.7. The smallest absolute Gasteiger partial charge is 0.378 e. The summed E-state index contributed by atoms with van der Waals surface area (Å²) in [6.45, 7) is 0.487. The topological polar surface area (TPSA) is 136 Å². The lowest BCUT2D eigenvalue weighted by Gasteiger charge is -2.10. The molecule has 3 aromatic heterocycles. The molecule has 28 heavy (non-hydrogen) atoms. The Morgan fingerprint density at radius 2 is 1.93 bits per heavy atom. The van der Waals surface area contributed by atoms with Crippen LogP contribution < -0.4 is 16.4 Å². The fourth-order valence-electron chi connectivity index (χ4n) is 2.31. The number of hydrogen-bond donors (Lipinski definition) is 3. The van der Waals surface area contributed by atoms with Crippen molar-refractivity contribution in [2.75, 3.05) is 29.5 Å². The lowest BCUT2D eigenvalue weighted by Crippen LogP contribution is -2.17. The van der Waals surface area contributed by atoms with Gasteiger partial charge in [-0.3, -0.25) is 14.5 Å². The summed E-state index contributed by atoms with van der Waals surface area (Å²) in [5.74, 6) is 0.138. The van der Waals surface area contributed by atoms with E-state index in [0.29, 0.717) is 5.82 Å². The number of hydrogen-bond acceptors (Lipinski definition) is 8. The summed E-state index contributed by atoms with van der Waals surface area (Å²) in [6, 6.07) is 3.81. The molecule has 10 nitrogen and oxygen atoms in total. The maximum absolute atomic E-state index is 12.8. The van der Waals surface area contributed by atoms with Gasteiger partial charge in [0.1, 0.15) is 16.6 Å². The molecule has 3 rings (SSSR count). The Kier molecular flexibility index (Phi) is 5.09. The molecule has 0 aliphatic heterocycles. The maximum atomic E-state index is 12.8. The van der Waals surface area contributed by atoms with Crippen molar-refractivity contribution in [2.45, 2.75) is 6.18 Å². The molecule has 0 amide bonds. The first-order valence-electron chi connectivity index (χ1n) is 7.66. The summed E-state index contributed by atoms with van der Waals surface area (Å²) in [6.07, 6.45) is -3.79. The largest absolute Gasteiger partial charge is 0.434 e. The molecule has 0 atom stereocenters. The predicted octanol–water partition coefficient (Wildman–Crippen LogP) is 2.81. The van der Waals surface area contributed by atoms with Gasteiger partial charge in [0.25, 0.3) is 0 Å². The third-order valence-corrected chi connectivity index (χ3v) is 3.72. The van der Waals surface area contributed by atoms with E-state index in [1.807, 2.05) is 0 Å². The number of nitro groups is 1. The van der Waals surface area contributed by atoms with Crippen LogP contribution in [0.1, 0.15) is 5.69 Å². The Balaban J connectivity index is 1.68. The number of halogens is 4. The van der Waals surface area contributed by atoms with Crippen molar-refractivity contribution in [3.8, 4) is 0 Å². The number of imidazole rings is 1. The van der Waals surface area contributed by atoms with Crippen LogP contribution in [0.2, 0.25) is 5.15 Å². The number of pyridine rings is 1. The zero-order chi connectivity index (χ0) is 20.5. The van der Waals surface area contributed by atoms with E-state index in [1.165, 1.54) is 18.2 Å². The van der Waals surface area contributed by atoms with Crippen molar-refractivity contribution < 1.29 is 18.1 Å². The van der Waals surface area contributed by atoms with Crippen molar-refractivity contribution in [3.63, 3.8) is 0 Å². The van der Waals surface area contributed by atoms with E-state index in [1.54, 1.807) is 0 Å². The molecule has 0 saturated carbocycles. The number of fused-ring (bicyclic) bond motifs is 1. The molecule has 0 fully saturated rings. The Hall–Kier alpha value is -3.35. The first-order chi connectivity index (χ1) is 13.1. The highest BCUT2D eigenvalue weighted by Crippen LogP contribution is 2.29. The normalized spacial score (nSPS) is 11.6. The SMILES string of the molecule is Nc1nc(NCCNc2nc(Cl)cc3nc(C(F)(F)F)cn23)ccc1[N+](=O)[O-]. The highest BCUT2D eigenvalue weighted by atomic mass is 35.5. The van der Waals surface area contributed by atoms with Crippen LogP contribution in [-0.4, -0.2) is 37.4 Å². The van der Waals surface area contributed by atoms with Gasteiger partial charge in [0, 0.05) is 31.4 Å². The Labute approximate surface area is 159 Å². The first-order valence-corrected chi connectivity index (χ1v) is 8.04. The molecular weight excluding hydrogens is 405 g/mol. The molecule has 0 bridgehead atoms. The number of nitrogens with two attached hydrogens (primary N) is 1. The molecule has 0 spiro atoms. The van der Waals surface area contributed by atoms with Crippen LogP contribution in [0.25, 0.3) is 5.65 Å². The van der Waals surface area contributed by atoms with Crippen molar-refractivity contribution in [1.82, 2.24) is 19.4 Å². The van der Waals surface area contributed by atoms with Gasteiger partial charge in [0.05, 0.1) is 4.92 Å². The molecule has 0 unspecified atom stereocenters. The van der Waals surface area contributed by atoms with E-state index in [-0.39, 0.29) is 41.3 Å². The minimum absolute atomic E-state index is 0.00686. The zero-order valence-electron chi connectivity index (χ0n) is 13.9. The van der Waals surface area contributed by atoms with Gasteiger partial charge >= 0.3 is 11.9 Å². The Morgan fingerprint density at radius 3 is 2.57 bits per heavy atom. The fraction of sp³-hybridized carbons (Fsp3) is 0.214. The molecule has 0 aliphatic carbocycles. The lowest BCUT2D eigenvalue weighted by molar-refractivity contribution is -0.384. The van der Waals surface area contributed by atoms with Gasteiger partial charge < -0.3 is 16.4 Å². The number of alkyl halides is 3. The standard InChI is InChI=1S/C14H12ClF3N8O2/c15-9-5-11-22-8(14(16,17)18)6-25(11)13(23-9)21-4-3-20-10-2-1-7(26(27)28)12(19)24-10/h1-2,5-6H,3-4H2,(H,21,23)(H3,19,20,24). The maximum Gasteiger partial charge on any atom is 0.434 e.